The van der Waals surface area contributed by atoms with Crippen molar-refractivity contribution in [3.8, 4) is 11.6 Å². The molecule has 0 saturated heterocycles. The van der Waals surface area contributed by atoms with Crippen LogP contribution in [0.2, 0.25) is 0 Å². The molecule has 0 atom stereocenters. The molecule has 0 aliphatic carbocycles. The number of pyridine rings is 1. The minimum absolute atomic E-state index is 0.0757. The number of hydrogen-bond donors (Lipinski definition) is 1. The lowest BCUT2D eigenvalue weighted by Gasteiger charge is -2.08. The molecule has 0 radical (unpaired) electrons. The quantitative estimate of drug-likeness (QED) is 0.666. The van der Waals surface area contributed by atoms with Crippen LogP contribution in [-0.2, 0) is 0 Å². The number of nitro benzene ring substituents is 1. The Morgan fingerprint density at radius 2 is 2.15 bits per heavy atom. The zero-order chi connectivity index (χ0) is 14.5. The lowest BCUT2D eigenvalue weighted by atomic mass is 10.2. The van der Waals surface area contributed by atoms with Crippen molar-refractivity contribution >= 4 is 11.5 Å². The van der Waals surface area contributed by atoms with Crippen molar-refractivity contribution in [2.24, 2.45) is 0 Å². The molecule has 0 amide bonds. The number of aromatic nitrogens is 1. The van der Waals surface area contributed by atoms with Gasteiger partial charge in [-0.05, 0) is 32.0 Å². The predicted molar refractivity (Wildman–Crippen MR) is 76.3 cm³/mol. The number of nitrogens with zero attached hydrogens (tertiary/aromatic N) is 2. The molecule has 20 heavy (non-hydrogen) atoms. The zero-order valence-electron chi connectivity index (χ0n) is 11.3. The molecule has 104 valence electrons. The SMILES string of the molecule is CCNc1cccc(Oc2ccc([N+](=O)[O-])c(C)c2)n1. The van der Waals surface area contributed by atoms with Gasteiger partial charge in [0, 0.05) is 24.2 Å². The van der Waals surface area contributed by atoms with E-state index in [0.29, 0.717) is 17.2 Å². The van der Waals surface area contributed by atoms with Gasteiger partial charge in [0.05, 0.1) is 4.92 Å². The minimum Gasteiger partial charge on any atom is -0.439 e. The first kappa shape index (κ1) is 13.8. The number of rotatable bonds is 5. The summed E-state index contributed by atoms with van der Waals surface area (Å²) in [7, 11) is 0. The van der Waals surface area contributed by atoms with Gasteiger partial charge in [-0.15, -0.1) is 0 Å². The number of nitrogens with one attached hydrogen (secondary N) is 1. The number of nitro groups is 1. The van der Waals surface area contributed by atoms with Crippen LogP contribution in [0, 0.1) is 17.0 Å². The van der Waals surface area contributed by atoms with Crippen molar-refractivity contribution in [2.45, 2.75) is 13.8 Å². The highest BCUT2D eigenvalue weighted by molar-refractivity contribution is 5.45. The van der Waals surface area contributed by atoms with Crippen LogP contribution in [0.4, 0.5) is 11.5 Å². The standard InChI is InChI=1S/C14H15N3O3/c1-3-15-13-5-4-6-14(16-13)20-11-7-8-12(17(18)19)10(2)9-11/h4-9H,3H2,1-2H3,(H,15,16). The third-order valence-corrected chi connectivity index (χ3v) is 2.67. The number of ether oxygens (including phenoxy) is 1. The highest BCUT2D eigenvalue weighted by Gasteiger charge is 2.11. The van der Waals surface area contributed by atoms with Crippen molar-refractivity contribution in [1.29, 1.82) is 0 Å². The Labute approximate surface area is 116 Å². The third-order valence-electron chi connectivity index (χ3n) is 2.67. The van der Waals surface area contributed by atoms with Crippen LogP contribution in [0.5, 0.6) is 11.6 Å². The van der Waals surface area contributed by atoms with E-state index in [9.17, 15) is 10.1 Å². The van der Waals surface area contributed by atoms with Crippen LogP contribution in [0.3, 0.4) is 0 Å². The van der Waals surface area contributed by atoms with E-state index in [0.717, 1.165) is 12.4 Å². The fourth-order valence-corrected chi connectivity index (χ4v) is 1.77. The van der Waals surface area contributed by atoms with Gasteiger partial charge < -0.3 is 10.1 Å². The van der Waals surface area contributed by atoms with Crippen LogP contribution < -0.4 is 10.1 Å². The predicted octanol–water partition coefficient (Wildman–Crippen LogP) is 3.52. The summed E-state index contributed by atoms with van der Waals surface area (Å²) < 4.78 is 5.61. The molecule has 0 spiro atoms. The van der Waals surface area contributed by atoms with Crippen LogP contribution in [0.1, 0.15) is 12.5 Å². The summed E-state index contributed by atoms with van der Waals surface area (Å²) in [5.74, 6) is 1.69. The van der Waals surface area contributed by atoms with E-state index >= 15 is 0 Å². The number of aryl methyl sites for hydroxylation is 1. The van der Waals surface area contributed by atoms with Gasteiger partial charge in [-0.1, -0.05) is 6.07 Å². The Bertz CT molecular complexity index is 629. The largest absolute Gasteiger partial charge is 0.439 e. The van der Waals surface area contributed by atoms with E-state index in [1.165, 1.54) is 6.07 Å². The van der Waals surface area contributed by atoms with E-state index in [1.54, 1.807) is 25.1 Å². The van der Waals surface area contributed by atoms with Gasteiger partial charge >= 0.3 is 0 Å². The lowest BCUT2D eigenvalue weighted by molar-refractivity contribution is -0.385. The molecule has 6 nitrogen and oxygen atoms in total. The molecule has 6 heteroatoms. The Morgan fingerprint density at radius 3 is 2.80 bits per heavy atom. The monoisotopic (exact) mass is 273 g/mol. The summed E-state index contributed by atoms with van der Waals surface area (Å²) in [5.41, 5.74) is 0.627. The molecule has 2 aromatic rings. The van der Waals surface area contributed by atoms with E-state index in [1.807, 2.05) is 19.1 Å². The van der Waals surface area contributed by atoms with Crippen LogP contribution in [-0.4, -0.2) is 16.5 Å². The molecule has 0 saturated carbocycles. The summed E-state index contributed by atoms with van der Waals surface area (Å²) in [6.07, 6.45) is 0. The molecule has 0 unspecified atom stereocenters. The molecule has 2 rings (SSSR count). The highest BCUT2D eigenvalue weighted by atomic mass is 16.6. The van der Waals surface area contributed by atoms with Crippen molar-refractivity contribution in [1.82, 2.24) is 4.98 Å². The summed E-state index contributed by atoms with van der Waals surface area (Å²) in [5, 5.41) is 13.8. The molecule has 0 aliphatic heterocycles. The normalized spacial score (nSPS) is 10.1. The molecule has 1 N–H and O–H groups in total. The van der Waals surface area contributed by atoms with Gasteiger partial charge in [0.25, 0.3) is 5.69 Å². The van der Waals surface area contributed by atoms with Crippen LogP contribution in [0.25, 0.3) is 0 Å². The average molecular weight is 273 g/mol. The molecule has 1 aromatic heterocycles. The van der Waals surface area contributed by atoms with Crippen molar-refractivity contribution < 1.29 is 9.66 Å². The van der Waals surface area contributed by atoms with Gasteiger partial charge in [0.2, 0.25) is 5.88 Å². The molecule has 1 aromatic carbocycles. The number of anilines is 1. The van der Waals surface area contributed by atoms with Crippen molar-refractivity contribution in [3.05, 3.63) is 52.1 Å². The van der Waals surface area contributed by atoms with Gasteiger partial charge in [-0.3, -0.25) is 10.1 Å². The fraction of sp³-hybridized carbons (Fsp3) is 0.214. The number of benzene rings is 1. The highest BCUT2D eigenvalue weighted by Crippen LogP contribution is 2.26. The topological polar surface area (TPSA) is 77.3 Å². The summed E-state index contributed by atoms with van der Waals surface area (Å²) in [6.45, 7) is 4.43. The van der Waals surface area contributed by atoms with Crippen LogP contribution >= 0.6 is 0 Å². The Hall–Kier alpha value is -2.63. The number of hydrogen-bond acceptors (Lipinski definition) is 5. The Kier molecular flexibility index (Phi) is 4.14. The molecule has 1 heterocycles. The van der Waals surface area contributed by atoms with Gasteiger partial charge in [0.15, 0.2) is 0 Å². The second-order valence-corrected chi connectivity index (χ2v) is 4.20. The van der Waals surface area contributed by atoms with Crippen molar-refractivity contribution in [3.63, 3.8) is 0 Å². The van der Waals surface area contributed by atoms with E-state index in [2.05, 4.69) is 10.3 Å². The van der Waals surface area contributed by atoms with Gasteiger partial charge in [-0.25, -0.2) is 0 Å². The second-order valence-electron chi connectivity index (χ2n) is 4.20. The first-order valence-electron chi connectivity index (χ1n) is 6.24. The summed E-state index contributed by atoms with van der Waals surface area (Å²) >= 11 is 0. The smallest absolute Gasteiger partial charge is 0.272 e. The zero-order valence-corrected chi connectivity index (χ0v) is 11.3. The molecule has 0 fully saturated rings. The minimum atomic E-state index is -0.414. The average Bonchev–Trinajstić information content (AvgIpc) is 2.39. The maximum atomic E-state index is 10.8. The first-order chi connectivity index (χ1) is 9.60. The Balaban J connectivity index is 2.19. The van der Waals surface area contributed by atoms with Crippen molar-refractivity contribution in [2.75, 3.05) is 11.9 Å². The van der Waals surface area contributed by atoms with E-state index in [-0.39, 0.29) is 5.69 Å². The molecular weight excluding hydrogens is 258 g/mol. The molecule has 0 bridgehead atoms. The maximum absolute atomic E-state index is 10.8. The first-order valence-corrected chi connectivity index (χ1v) is 6.24. The van der Waals surface area contributed by atoms with E-state index in [4.69, 9.17) is 4.74 Å². The van der Waals surface area contributed by atoms with Crippen LogP contribution in [0.15, 0.2) is 36.4 Å². The third kappa shape index (κ3) is 3.23. The summed E-state index contributed by atoms with van der Waals surface area (Å²) in [4.78, 5) is 14.6. The van der Waals surface area contributed by atoms with Gasteiger partial charge in [-0.2, -0.15) is 4.98 Å². The maximum Gasteiger partial charge on any atom is 0.272 e. The summed E-state index contributed by atoms with van der Waals surface area (Å²) in [6, 6.07) is 10.0. The van der Waals surface area contributed by atoms with E-state index < -0.39 is 4.92 Å². The molecular formula is C14H15N3O3. The fourth-order valence-electron chi connectivity index (χ4n) is 1.77. The molecule has 0 aliphatic rings. The van der Waals surface area contributed by atoms with Gasteiger partial charge in [0.1, 0.15) is 11.6 Å². The Morgan fingerprint density at radius 1 is 1.35 bits per heavy atom. The second kappa shape index (κ2) is 6.01. The lowest BCUT2D eigenvalue weighted by Crippen LogP contribution is -1.99.